The average Bonchev–Trinajstić information content (AvgIpc) is 2.52. The lowest BCUT2D eigenvalue weighted by atomic mass is 10.1. The van der Waals surface area contributed by atoms with Crippen molar-refractivity contribution in [2.45, 2.75) is 19.0 Å². The third kappa shape index (κ3) is 4.18. The Bertz CT molecular complexity index is 583. The van der Waals surface area contributed by atoms with E-state index in [0.29, 0.717) is 12.7 Å². The standard InChI is InChI=1S/C17H17NO3/c19-13-16(11-14-7-3-1-4-8-14)18(17(20)21)12-15-9-5-2-6-10-15/h1-10,13,16H,11-12H2,(H,20,21). The second-order valence-electron chi connectivity index (χ2n) is 4.79. The van der Waals surface area contributed by atoms with E-state index in [1.165, 1.54) is 4.90 Å². The van der Waals surface area contributed by atoms with Crippen molar-refractivity contribution in [1.29, 1.82) is 0 Å². The topological polar surface area (TPSA) is 57.6 Å². The van der Waals surface area contributed by atoms with Crippen LogP contribution in [0.1, 0.15) is 11.1 Å². The molecule has 0 aliphatic carbocycles. The van der Waals surface area contributed by atoms with E-state index < -0.39 is 12.1 Å². The predicted molar refractivity (Wildman–Crippen MR) is 80.0 cm³/mol. The molecule has 0 aliphatic rings. The second kappa shape index (κ2) is 7.24. The van der Waals surface area contributed by atoms with Crippen molar-refractivity contribution in [2.75, 3.05) is 0 Å². The molecule has 0 fully saturated rings. The lowest BCUT2D eigenvalue weighted by Crippen LogP contribution is -2.41. The van der Waals surface area contributed by atoms with E-state index in [-0.39, 0.29) is 6.54 Å². The van der Waals surface area contributed by atoms with E-state index in [1.54, 1.807) is 0 Å². The molecule has 0 aromatic heterocycles. The Kier molecular flexibility index (Phi) is 5.10. The highest BCUT2D eigenvalue weighted by molar-refractivity contribution is 5.72. The van der Waals surface area contributed by atoms with E-state index >= 15 is 0 Å². The first-order valence-electron chi connectivity index (χ1n) is 6.73. The van der Waals surface area contributed by atoms with Crippen LogP contribution in [0.5, 0.6) is 0 Å². The summed E-state index contributed by atoms with van der Waals surface area (Å²) in [6, 6.07) is 18.0. The van der Waals surface area contributed by atoms with Gasteiger partial charge >= 0.3 is 6.09 Å². The molecule has 0 spiro atoms. The molecule has 2 aromatic rings. The summed E-state index contributed by atoms with van der Waals surface area (Å²) in [5.74, 6) is 0. The first-order chi connectivity index (χ1) is 10.2. The third-order valence-corrected chi connectivity index (χ3v) is 3.29. The van der Waals surface area contributed by atoms with Gasteiger partial charge in [0.2, 0.25) is 0 Å². The molecule has 4 heteroatoms. The van der Waals surface area contributed by atoms with E-state index in [1.807, 2.05) is 60.7 Å². The van der Waals surface area contributed by atoms with Gasteiger partial charge in [-0.05, 0) is 17.5 Å². The van der Waals surface area contributed by atoms with Crippen LogP contribution in [-0.2, 0) is 17.8 Å². The summed E-state index contributed by atoms with van der Waals surface area (Å²) in [5.41, 5.74) is 1.80. The minimum Gasteiger partial charge on any atom is -0.465 e. The van der Waals surface area contributed by atoms with Gasteiger partial charge < -0.3 is 9.90 Å². The molecular formula is C17H17NO3. The van der Waals surface area contributed by atoms with Gasteiger partial charge in [-0.1, -0.05) is 60.7 Å². The van der Waals surface area contributed by atoms with Crippen LogP contribution in [0.15, 0.2) is 60.7 Å². The van der Waals surface area contributed by atoms with E-state index in [2.05, 4.69) is 0 Å². The lowest BCUT2D eigenvalue weighted by molar-refractivity contribution is -0.112. The summed E-state index contributed by atoms with van der Waals surface area (Å²) in [6.45, 7) is 0.201. The molecule has 4 nitrogen and oxygen atoms in total. The van der Waals surface area contributed by atoms with Crippen LogP contribution in [0.2, 0.25) is 0 Å². The van der Waals surface area contributed by atoms with Crippen molar-refractivity contribution in [1.82, 2.24) is 4.90 Å². The third-order valence-electron chi connectivity index (χ3n) is 3.29. The maximum Gasteiger partial charge on any atom is 0.408 e. The van der Waals surface area contributed by atoms with Crippen molar-refractivity contribution in [2.24, 2.45) is 0 Å². The highest BCUT2D eigenvalue weighted by atomic mass is 16.4. The second-order valence-corrected chi connectivity index (χ2v) is 4.79. The van der Waals surface area contributed by atoms with Gasteiger partial charge in [0.15, 0.2) is 0 Å². The van der Waals surface area contributed by atoms with E-state index in [4.69, 9.17) is 0 Å². The quantitative estimate of drug-likeness (QED) is 0.829. The number of carboxylic acid groups (broad SMARTS) is 1. The van der Waals surface area contributed by atoms with Gasteiger partial charge in [-0.2, -0.15) is 0 Å². The van der Waals surface area contributed by atoms with Crippen LogP contribution >= 0.6 is 0 Å². The zero-order valence-electron chi connectivity index (χ0n) is 11.6. The maximum absolute atomic E-state index is 11.5. The number of carbonyl (C=O) groups excluding carboxylic acids is 1. The average molecular weight is 283 g/mol. The number of carbonyl (C=O) groups is 2. The fourth-order valence-corrected chi connectivity index (χ4v) is 2.19. The molecule has 0 heterocycles. The Labute approximate surface area is 123 Å². The minimum absolute atomic E-state index is 0.201. The lowest BCUT2D eigenvalue weighted by Gasteiger charge is -2.25. The summed E-state index contributed by atoms with van der Waals surface area (Å²) in [6.07, 6.45) is -0.0139. The molecule has 0 bridgehead atoms. The summed E-state index contributed by atoms with van der Waals surface area (Å²) >= 11 is 0. The number of nitrogens with zero attached hydrogens (tertiary/aromatic N) is 1. The van der Waals surface area contributed by atoms with Crippen LogP contribution in [0.3, 0.4) is 0 Å². The van der Waals surface area contributed by atoms with Gasteiger partial charge in [0.1, 0.15) is 6.29 Å². The van der Waals surface area contributed by atoms with Crippen LogP contribution in [0.25, 0.3) is 0 Å². The van der Waals surface area contributed by atoms with Crippen LogP contribution in [0, 0.1) is 0 Å². The first-order valence-corrected chi connectivity index (χ1v) is 6.73. The summed E-state index contributed by atoms with van der Waals surface area (Å²) in [7, 11) is 0. The molecule has 0 saturated carbocycles. The van der Waals surface area contributed by atoms with Crippen molar-refractivity contribution in [3.05, 3.63) is 71.8 Å². The smallest absolute Gasteiger partial charge is 0.408 e. The normalized spacial score (nSPS) is 11.6. The summed E-state index contributed by atoms with van der Waals surface area (Å²) in [5, 5.41) is 9.38. The van der Waals surface area contributed by atoms with Gasteiger partial charge in [0.05, 0.1) is 6.04 Å². The van der Waals surface area contributed by atoms with Gasteiger partial charge in [-0.3, -0.25) is 4.90 Å². The Morgan fingerprint density at radius 3 is 2.00 bits per heavy atom. The molecule has 2 rings (SSSR count). The van der Waals surface area contributed by atoms with Gasteiger partial charge in [0.25, 0.3) is 0 Å². The molecule has 1 unspecified atom stereocenters. The van der Waals surface area contributed by atoms with E-state index in [0.717, 1.165) is 11.1 Å². The van der Waals surface area contributed by atoms with Gasteiger partial charge in [-0.25, -0.2) is 4.79 Å². The largest absolute Gasteiger partial charge is 0.465 e. The number of hydrogen-bond donors (Lipinski definition) is 1. The van der Waals surface area contributed by atoms with Gasteiger partial charge in [0, 0.05) is 6.54 Å². The minimum atomic E-state index is -1.09. The summed E-state index contributed by atoms with van der Waals surface area (Å²) in [4.78, 5) is 24.0. The molecule has 21 heavy (non-hydrogen) atoms. The Hall–Kier alpha value is -2.62. The number of hydrogen-bond acceptors (Lipinski definition) is 2. The Morgan fingerprint density at radius 2 is 1.52 bits per heavy atom. The Balaban J connectivity index is 2.15. The molecule has 1 atom stereocenters. The number of rotatable bonds is 6. The SMILES string of the molecule is O=CC(Cc1ccccc1)N(Cc1ccccc1)C(=O)O. The fraction of sp³-hybridized carbons (Fsp3) is 0.176. The van der Waals surface area contributed by atoms with Crippen molar-refractivity contribution < 1.29 is 14.7 Å². The Morgan fingerprint density at radius 1 is 1.00 bits per heavy atom. The zero-order valence-corrected chi connectivity index (χ0v) is 11.6. The van der Waals surface area contributed by atoms with Crippen molar-refractivity contribution in [3.8, 4) is 0 Å². The molecular weight excluding hydrogens is 266 g/mol. The van der Waals surface area contributed by atoms with Crippen molar-refractivity contribution in [3.63, 3.8) is 0 Å². The monoisotopic (exact) mass is 283 g/mol. The van der Waals surface area contributed by atoms with E-state index in [9.17, 15) is 14.7 Å². The van der Waals surface area contributed by atoms with Crippen molar-refractivity contribution >= 4 is 12.4 Å². The molecule has 2 aromatic carbocycles. The molecule has 0 saturated heterocycles. The highest BCUT2D eigenvalue weighted by Crippen LogP contribution is 2.12. The van der Waals surface area contributed by atoms with Gasteiger partial charge in [-0.15, -0.1) is 0 Å². The fourth-order valence-electron chi connectivity index (χ4n) is 2.19. The van der Waals surface area contributed by atoms with Crippen LogP contribution in [-0.4, -0.2) is 28.4 Å². The molecule has 0 aliphatic heterocycles. The maximum atomic E-state index is 11.5. The number of benzene rings is 2. The molecule has 0 radical (unpaired) electrons. The number of aldehydes is 1. The summed E-state index contributed by atoms with van der Waals surface area (Å²) < 4.78 is 0. The molecule has 1 amide bonds. The van der Waals surface area contributed by atoms with Crippen LogP contribution < -0.4 is 0 Å². The first kappa shape index (κ1) is 14.8. The highest BCUT2D eigenvalue weighted by Gasteiger charge is 2.23. The molecule has 1 N–H and O–H groups in total. The predicted octanol–water partition coefficient (Wildman–Crippen LogP) is 2.98. The number of amides is 1. The van der Waals surface area contributed by atoms with Crippen LogP contribution in [0.4, 0.5) is 4.79 Å². The zero-order chi connectivity index (χ0) is 15.1. The molecule has 108 valence electrons.